The predicted octanol–water partition coefficient (Wildman–Crippen LogP) is 3.56. The summed E-state index contributed by atoms with van der Waals surface area (Å²) in [7, 11) is 1.60. The normalized spacial score (nSPS) is 16.0. The Hall–Kier alpha value is -3.26. The third-order valence-electron chi connectivity index (χ3n) is 5.00. The van der Waals surface area contributed by atoms with Crippen molar-refractivity contribution in [3.63, 3.8) is 0 Å². The lowest BCUT2D eigenvalue weighted by Gasteiger charge is -2.16. The van der Waals surface area contributed by atoms with E-state index in [1.807, 2.05) is 55.5 Å². The first kappa shape index (κ1) is 20.0. The van der Waals surface area contributed by atoms with E-state index in [0.717, 1.165) is 27.6 Å². The first-order valence-electron chi connectivity index (χ1n) is 9.65. The Morgan fingerprint density at radius 3 is 2.77 bits per heavy atom. The van der Waals surface area contributed by atoms with Crippen molar-refractivity contribution in [1.82, 2.24) is 10.2 Å². The van der Waals surface area contributed by atoms with Crippen molar-refractivity contribution in [2.75, 3.05) is 23.9 Å². The molecule has 2 heterocycles. The van der Waals surface area contributed by atoms with Crippen LogP contribution in [0.25, 0.3) is 0 Å². The van der Waals surface area contributed by atoms with Gasteiger partial charge in [0.25, 0.3) is 0 Å². The van der Waals surface area contributed by atoms with Crippen LogP contribution in [-0.4, -0.2) is 35.7 Å². The molecular weight excluding hydrogens is 400 g/mol. The summed E-state index contributed by atoms with van der Waals surface area (Å²) in [5.74, 6) is 0.638. The number of nitrogens with one attached hydrogen (secondary N) is 1. The van der Waals surface area contributed by atoms with Crippen LogP contribution in [0.15, 0.2) is 48.5 Å². The summed E-state index contributed by atoms with van der Waals surface area (Å²) in [6.45, 7) is 2.57. The number of hydrogen-bond donors (Lipinski definition) is 1. The third kappa shape index (κ3) is 4.49. The molecule has 154 valence electrons. The van der Waals surface area contributed by atoms with Crippen molar-refractivity contribution in [2.45, 2.75) is 25.7 Å². The maximum absolute atomic E-state index is 12.5. The molecule has 30 heavy (non-hydrogen) atoms. The Labute approximate surface area is 178 Å². The number of nitrogens with zero attached hydrogens (tertiary/aromatic N) is 3. The highest BCUT2D eigenvalue weighted by Gasteiger charge is 2.34. The van der Waals surface area contributed by atoms with Gasteiger partial charge < -0.3 is 15.0 Å². The second-order valence-electron chi connectivity index (χ2n) is 7.26. The van der Waals surface area contributed by atoms with Crippen molar-refractivity contribution >= 4 is 34.0 Å². The minimum Gasteiger partial charge on any atom is -0.497 e. The monoisotopic (exact) mass is 422 g/mol. The lowest BCUT2D eigenvalue weighted by Crippen LogP contribution is -2.24. The predicted molar refractivity (Wildman–Crippen MR) is 116 cm³/mol. The molecule has 0 radical (unpaired) electrons. The van der Waals surface area contributed by atoms with Crippen molar-refractivity contribution in [2.24, 2.45) is 0 Å². The van der Waals surface area contributed by atoms with Crippen molar-refractivity contribution in [3.8, 4) is 5.75 Å². The second kappa shape index (κ2) is 8.62. The summed E-state index contributed by atoms with van der Waals surface area (Å²) in [5.41, 5.74) is 2.90. The van der Waals surface area contributed by atoms with E-state index in [4.69, 9.17) is 4.74 Å². The molecule has 1 aromatic heterocycles. The number of benzene rings is 2. The Morgan fingerprint density at radius 1 is 1.23 bits per heavy atom. The van der Waals surface area contributed by atoms with Crippen LogP contribution in [0.3, 0.4) is 0 Å². The van der Waals surface area contributed by atoms with Crippen molar-refractivity contribution in [1.29, 1.82) is 0 Å². The van der Waals surface area contributed by atoms with Crippen LogP contribution in [0.2, 0.25) is 0 Å². The van der Waals surface area contributed by atoms with Crippen LogP contribution in [0.1, 0.15) is 28.5 Å². The quantitative estimate of drug-likeness (QED) is 0.657. The minimum absolute atomic E-state index is 0.0252. The van der Waals surface area contributed by atoms with Gasteiger partial charge in [-0.05, 0) is 42.3 Å². The number of methoxy groups -OCH3 is 1. The van der Waals surface area contributed by atoms with E-state index in [9.17, 15) is 9.59 Å². The molecule has 7 nitrogen and oxygen atoms in total. The number of anilines is 2. The first-order valence-corrected chi connectivity index (χ1v) is 10.5. The van der Waals surface area contributed by atoms with Gasteiger partial charge in [0.15, 0.2) is 0 Å². The Balaban J connectivity index is 1.38. The van der Waals surface area contributed by atoms with E-state index >= 15 is 0 Å². The van der Waals surface area contributed by atoms with Crippen LogP contribution >= 0.6 is 11.3 Å². The fourth-order valence-corrected chi connectivity index (χ4v) is 4.31. The highest BCUT2D eigenvalue weighted by Crippen LogP contribution is 2.34. The second-order valence-corrected chi connectivity index (χ2v) is 8.27. The Bertz CT molecular complexity index is 1060. The van der Waals surface area contributed by atoms with Crippen LogP contribution < -0.4 is 15.0 Å². The van der Waals surface area contributed by atoms with E-state index in [2.05, 4.69) is 15.5 Å². The molecule has 1 fully saturated rings. The van der Waals surface area contributed by atoms with Crippen LogP contribution in [0.4, 0.5) is 10.8 Å². The summed E-state index contributed by atoms with van der Waals surface area (Å²) in [6, 6.07) is 15.3. The molecule has 2 amide bonds. The third-order valence-corrected chi connectivity index (χ3v) is 6.00. The van der Waals surface area contributed by atoms with Gasteiger partial charge in [0.2, 0.25) is 16.9 Å². The molecule has 0 bridgehead atoms. The zero-order chi connectivity index (χ0) is 21.1. The maximum atomic E-state index is 12.5. The summed E-state index contributed by atoms with van der Waals surface area (Å²) < 4.78 is 5.13. The number of carbonyl (C=O) groups excluding carboxylic acids is 2. The molecule has 2 aromatic carbocycles. The molecule has 1 N–H and O–H groups in total. The topological polar surface area (TPSA) is 84.4 Å². The molecule has 0 saturated carbocycles. The zero-order valence-electron chi connectivity index (χ0n) is 16.8. The van der Waals surface area contributed by atoms with Gasteiger partial charge in [0.1, 0.15) is 10.8 Å². The molecule has 1 atom stereocenters. The smallest absolute Gasteiger partial charge is 0.230 e. The molecule has 4 rings (SSSR count). The molecular formula is C22H22N4O3S. The molecule has 3 aromatic rings. The van der Waals surface area contributed by atoms with Crippen LogP contribution in [0.5, 0.6) is 5.75 Å². The van der Waals surface area contributed by atoms with Gasteiger partial charge in [0.05, 0.1) is 13.5 Å². The molecule has 0 spiro atoms. The van der Waals surface area contributed by atoms with Gasteiger partial charge in [-0.3, -0.25) is 9.59 Å². The van der Waals surface area contributed by atoms with Crippen molar-refractivity contribution in [3.05, 3.63) is 64.7 Å². The number of rotatable bonds is 6. The summed E-state index contributed by atoms with van der Waals surface area (Å²) >= 11 is 1.32. The lowest BCUT2D eigenvalue weighted by atomic mass is 10.1. The van der Waals surface area contributed by atoms with Gasteiger partial charge in [0, 0.05) is 24.6 Å². The zero-order valence-corrected chi connectivity index (χ0v) is 17.6. The van der Waals surface area contributed by atoms with E-state index in [-0.39, 0.29) is 24.2 Å². The molecule has 1 saturated heterocycles. The van der Waals surface area contributed by atoms with Crippen LogP contribution in [0, 0.1) is 6.92 Å². The Kier molecular flexibility index (Phi) is 5.76. The highest BCUT2D eigenvalue weighted by molar-refractivity contribution is 7.15. The average Bonchev–Trinajstić information content (AvgIpc) is 3.35. The number of amides is 2. The SMILES string of the molecule is COc1ccc(CC(=O)Nc2nnc(C3CC(=O)N(c4cccc(C)c4)C3)s2)cc1. The van der Waals surface area contributed by atoms with E-state index in [1.165, 1.54) is 11.3 Å². The van der Waals surface area contributed by atoms with E-state index in [0.29, 0.717) is 18.1 Å². The molecule has 1 aliphatic rings. The van der Waals surface area contributed by atoms with E-state index in [1.54, 1.807) is 12.0 Å². The van der Waals surface area contributed by atoms with Gasteiger partial charge in [-0.15, -0.1) is 10.2 Å². The molecule has 0 aliphatic carbocycles. The first-order chi connectivity index (χ1) is 14.5. The largest absolute Gasteiger partial charge is 0.497 e. The number of carbonyl (C=O) groups is 2. The number of aromatic nitrogens is 2. The summed E-state index contributed by atoms with van der Waals surface area (Å²) in [5, 5.41) is 12.3. The van der Waals surface area contributed by atoms with Gasteiger partial charge in [-0.25, -0.2) is 0 Å². The molecule has 1 unspecified atom stereocenters. The van der Waals surface area contributed by atoms with Gasteiger partial charge in [-0.1, -0.05) is 35.6 Å². The maximum Gasteiger partial charge on any atom is 0.230 e. The fourth-order valence-electron chi connectivity index (χ4n) is 3.46. The summed E-state index contributed by atoms with van der Waals surface area (Å²) in [4.78, 5) is 26.6. The van der Waals surface area contributed by atoms with Crippen molar-refractivity contribution < 1.29 is 14.3 Å². The minimum atomic E-state index is -0.160. The Morgan fingerprint density at radius 2 is 2.03 bits per heavy atom. The standard InChI is InChI=1S/C22H22N4O3S/c1-14-4-3-5-17(10-14)26-13-16(12-20(26)28)21-24-25-22(30-21)23-19(27)11-15-6-8-18(29-2)9-7-15/h3-10,16H,11-13H2,1-2H3,(H,23,25,27). The number of aryl methyl sites for hydroxylation is 1. The average molecular weight is 423 g/mol. The van der Waals surface area contributed by atoms with Crippen LogP contribution in [-0.2, 0) is 16.0 Å². The summed E-state index contributed by atoms with van der Waals surface area (Å²) in [6.07, 6.45) is 0.629. The highest BCUT2D eigenvalue weighted by atomic mass is 32.1. The fraction of sp³-hybridized carbons (Fsp3) is 0.273. The van der Waals surface area contributed by atoms with Gasteiger partial charge >= 0.3 is 0 Å². The molecule has 1 aliphatic heterocycles. The lowest BCUT2D eigenvalue weighted by molar-refractivity contribution is -0.117. The number of ether oxygens (including phenoxy) is 1. The van der Waals surface area contributed by atoms with E-state index < -0.39 is 0 Å². The van der Waals surface area contributed by atoms with Gasteiger partial charge in [-0.2, -0.15) is 0 Å². The number of hydrogen-bond acceptors (Lipinski definition) is 6. The molecule has 8 heteroatoms.